The summed E-state index contributed by atoms with van der Waals surface area (Å²) < 4.78 is 1.81. The molecule has 0 aliphatic heterocycles. The Balaban J connectivity index is 1.71. The minimum absolute atomic E-state index is 0.740. The Morgan fingerprint density at radius 1 is 1.24 bits per heavy atom. The summed E-state index contributed by atoms with van der Waals surface area (Å²) in [5.41, 5.74) is 4.17. The molecule has 0 radical (unpaired) electrons. The summed E-state index contributed by atoms with van der Waals surface area (Å²) in [6.07, 6.45) is 1.89. The van der Waals surface area contributed by atoms with E-state index >= 15 is 0 Å². The lowest BCUT2D eigenvalue weighted by molar-refractivity contribution is 0.692. The second-order valence-electron chi connectivity index (χ2n) is 5.12. The van der Waals surface area contributed by atoms with Crippen molar-refractivity contribution in [3.05, 3.63) is 58.4 Å². The largest absolute Gasteiger partial charge is 0.309 e. The molecule has 1 N–H and O–H groups in total. The molecule has 1 aromatic carbocycles. The number of nitrogens with one attached hydrogen (secondary N) is 1. The normalized spacial score (nSPS) is 11.2. The van der Waals surface area contributed by atoms with E-state index in [2.05, 4.69) is 21.5 Å². The highest BCUT2D eigenvalue weighted by molar-refractivity contribution is 6.31. The molecule has 2 heterocycles. The number of hydrogen-bond acceptors (Lipinski definition) is 3. The van der Waals surface area contributed by atoms with E-state index in [0.717, 1.165) is 46.0 Å². The average molecular weight is 301 g/mol. The van der Waals surface area contributed by atoms with Gasteiger partial charge in [0.1, 0.15) is 0 Å². The van der Waals surface area contributed by atoms with Crippen LogP contribution in [0.1, 0.15) is 16.8 Å². The van der Waals surface area contributed by atoms with Crippen LogP contribution in [-0.2, 0) is 20.1 Å². The van der Waals surface area contributed by atoms with E-state index in [1.807, 2.05) is 49.1 Å². The van der Waals surface area contributed by atoms with Crippen molar-refractivity contribution >= 4 is 22.6 Å². The highest BCUT2D eigenvalue weighted by Gasteiger charge is 2.07. The summed E-state index contributed by atoms with van der Waals surface area (Å²) in [4.78, 5) is 4.48. The van der Waals surface area contributed by atoms with Gasteiger partial charge in [0.05, 0.1) is 5.69 Å². The van der Waals surface area contributed by atoms with Gasteiger partial charge in [-0.2, -0.15) is 5.10 Å². The van der Waals surface area contributed by atoms with Gasteiger partial charge in [-0.15, -0.1) is 0 Å². The van der Waals surface area contributed by atoms with Crippen LogP contribution in [0, 0.1) is 6.92 Å². The molecule has 0 bridgehead atoms. The molecule has 3 aromatic rings. The maximum absolute atomic E-state index is 6.14. The summed E-state index contributed by atoms with van der Waals surface area (Å²) in [7, 11) is 1.91. The van der Waals surface area contributed by atoms with Gasteiger partial charge in [-0.05, 0) is 30.2 Å². The zero-order valence-corrected chi connectivity index (χ0v) is 12.9. The smallest absolute Gasteiger partial charge is 0.157 e. The first kappa shape index (κ1) is 14.0. The van der Waals surface area contributed by atoms with Crippen LogP contribution in [0.25, 0.3) is 11.0 Å². The average Bonchev–Trinajstić information content (AvgIpc) is 2.76. The van der Waals surface area contributed by atoms with Crippen molar-refractivity contribution in [2.75, 3.05) is 0 Å². The molecule has 21 heavy (non-hydrogen) atoms. The number of nitrogens with zero attached hydrogens (tertiary/aromatic N) is 3. The van der Waals surface area contributed by atoms with Crippen LogP contribution in [0.5, 0.6) is 0 Å². The van der Waals surface area contributed by atoms with Crippen molar-refractivity contribution < 1.29 is 0 Å². The van der Waals surface area contributed by atoms with Gasteiger partial charge in [-0.3, -0.25) is 4.68 Å². The number of fused-ring (bicyclic) bond motifs is 1. The summed E-state index contributed by atoms with van der Waals surface area (Å²) in [5.74, 6) is 0. The second kappa shape index (κ2) is 5.84. The van der Waals surface area contributed by atoms with Gasteiger partial charge in [-0.25, -0.2) is 4.98 Å². The number of hydrogen-bond donors (Lipinski definition) is 1. The van der Waals surface area contributed by atoms with Crippen LogP contribution in [0.4, 0.5) is 0 Å². The standard InChI is InChI=1S/C16H17ClN4/c1-11-14-7-12(9-19-16(14)21(2)20-11)8-18-10-13-5-3-4-6-15(13)17/h3-7,9,18H,8,10H2,1-2H3. The Morgan fingerprint density at radius 2 is 2.05 bits per heavy atom. The van der Waals surface area contributed by atoms with Gasteiger partial charge in [0, 0.05) is 36.7 Å². The van der Waals surface area contributed by atoms with Crippen molar-refractivity contribution in [1.29, 1.82) is 0 Å². The molecule has 2 aromatic heterocycles. The fraction of sp³-hybridized carbons (Fsp3) is 0.250. The Kier molecular flexibility index (Phi) is 3.90. The quantitative estimate of drug-likeness (QED) is 0.804. The first-order valence-corrected chi connectivity index (χ1v) is 7.25. The zero-order valence-electron chi connectivity index (χ0n) is 12.1. The maximum Gasteiger partial charge on any atom is 0.157 e. The van der Waals surface area contributed by atoms with Gasteiger partial charge >= 0.3 is 0 Å². The molecule has 0 amide bonds. The van der Waals surface area contributed by atoms with E-state index in [1.54, 1.807) is 0 Å². The summed E-state index contributed by atoms with van der Waals surface area (Å²) in [6, 6.07) is 10.0. The molecule has 108 valence electrons. The lowest BCUT2D eigenvalue weighted by Crippen LogP contribution is -2.13. The molecule has 0 saturated heterocycles. The van der Waals surface area contributed by atoms with E-state index in [0.29, 0.717) is 0 Å². The predicted molar refractivity (Wildman–Crippen MR) is 85.2 cm³/mol. The molecular formula is C16H17ClN4. The monoisotopic (exact) mass is 300 g/mol. The van der Waals surface area contributed by atoms with E-state index in [-0.39, 0.29) is 0 Å². The molecule has 0 atom stereocenters. The minimum Gasteiger partial charge on any atom is -0.309 e. The second-order valence-corrected chi connectivity index (χ2v) is 5.53. The summed E-state index contributed by atoms with van der Waals surface area (Å²) in [5, 5.41) is 9.68. The van der Waals surface area contributed by atoms with E-state index in [1.165, 1.54) is 0 Å². The van der Waals surface area contributed by atoms with E-state index in [9.17, 15) is 0 Å². The molecule has 0 aliphatic rings. The van der Waals surface area contributed by atoms with Crippen molar-refractivity contribution in [1.82, 2.24) is 20.1 Å². The molecule has 5 heteroatoms. The third kappa shape index (κ3) is 2.91. The lowest BCUT2D eigenvalue weighted by Gasteiger charge is -2.07. The Labute approximate surface area is 128 Å². The summed E-state index contributed by atoms with van der Waals surface area (Å²) in [6.45, 7) is 3.50. The topological polar surface area (TPSA) is 42.7 Å². The van der Waals surface area contributed by atoms with Crippen molar-refractivity contribution in [3.63, 3.8) is 0 Å². The predicted octanol–water partition coefficient (Wildman–Crippen LogP) is 3.22. The Bertz CT molecular complexity index is 779. The molecule has 0 spiro atoms. The number of benzene rings is 1. The van der Waals surface area contributed by atoms with Crippen LogP contribution in [0.2, 0.25) is 5.02 Å². The molecule has 3 rings (SSSR count). The van der Waals surface area contributed by atoms with Gasteiger partial charge in [0.15, 0.2) is 5.65 Å². The Hall–Kier alpha value is -1.91. The van der Waals surface area contributed by atoms with Gasteiger partial charge in [-0.1, -0.05) is 29.8 Å². The number of pyridine rings is 1. The van der Waals surface area contributed by atoms with Crippen LogP contribution < -0.4 is 5.32 Å². The highest BCUT2D eigenvalue weighted by atomic mass is 35.5. The fourth-order valence-corrected chi connectivity index (χ4v) is 2.63. The summed E-state index contributed by atoms with van der Waals surface area (Å²) >= 11 is 6.14. The number of aryl methyl sites for hydroxylation is 2. The first-order valence-electron chi connectivity index (χ1n) is 6.87. The molecular weight excluding hydrogens is 284 g/mol. The van der Waals surface area contributed by atoms with Gasteiger partial charge in [0.25, 0.3) is 0 Å². The van der Waals surface area contributed by atoms with Crippen molar-refractivity contribution in [3.8, 4) is 0 Å². The molecule has 4 nitrogen and oxygen atoms in total. The van der Waals surface area contributed by atoms with Gasteiger partial charge in [0.2, 0.25) is 0 Å². The zero-order chi connectivity index (χ0) is 14.8. The van der Waals surface area contributed by atoms with Crippen LogP contribution in [0.15, 0.2) is 36.5 Å². The van der Waals surface area contributed by atoms with Crippen LogP contribution >= 0.6 is 11.6 Å². The van der Waals surface area contributed by atoms with Gasteiger partial charge < -0.3 is 5.32 Å². The molecule has 0 aliphatic carbocycles. The van der Waals surface area contributed by atoms with E-state index < -0.39 is 0 Å². The Morgan fingerprint density at radius 3 is 2.86 bits per heavy atom. The maximum atomic E-state index is 6.14. The number of rotatable bonds is 4. The number of halogens is 1. The first-order chi connectivity index (χ1) is 10.1. The third-order valence-electron chi connectivity index (χ3n) is 3.52. The third-order valence-corrected chi connectivity index (χ3v) is 3.89. The lowest BCUT2D eigenvalue weighted by atomic mass is 10.2. The van der Waals surface area contributed by atoms with E-state index in [4.69, 9.17) is 11.6 Å². The van der Waals surface area contributed by atoms with Crippen LogP contribution in [-0.4, -0.2) is 14.8 Å². The number of aromatic nitrogens is 3. The minimum atomic E-state index is 0.740. The van der Waals surface area contributed by atoms with Crippen LogP contribution in [0.3, 0.4) is 0 Å². The SMILES string of the molecule is Cc1nn(C)c2ncc(CNCc3ccccc3Cl)cc12. The fourth-order valence-electron chi connectivity index (χ4n) is 2.43. The molecule has 0 fully saturated rings. The van der Waals surface area contributed by atoms with Crippen molar-refractivity contribution in [2.45, 2.75) is 20.0 Å². The highest BCUT2D eigenvalue weighted by Crippen LogP contribution is 2.17. The van der Waals surface area contributed by atoms with Crippen molar-refractivity contribution in [2.24, 2.45) is 7.05 Å². The molecule has 0 saturated carbocycles. The molecule has 0 unspecified atom stereocenters.